The minimum atomic E-state index is -2.38. The van der Waals surface area contributed by atoms with Crippen LogP contribution in [0.4, 0.5) is 0 Å². The second-order valence-electron chi connectivity index (χ2n) is 15.2. The highest BCUT2D eigenvalue weighted by Gasteiger charge is 2.47. The monoisotopic (exact) mass is 698 g/mol. The van der Waals surface area contributed by atoms with Crippen LogP contribution in [0.15, 0.2) is 72.4 Å². The van der Waals surface area contributed by atoms with Crippen LogP contribution in [0.25, 0.3) is 0 Å². The molecule has 0 radical (unpaired) electrons. The summed E-state index contributed by atoms with van der Waals surface area (Å²) in [7, 11) is -0.752. The van der Waals surface area contributed by atoms with E-state index in [-0.39, 0.29) is 37.2 Å². The summed E-state index contributed by atoms with van der Waals surface area (Å²) >= 11 is 0. The maximum atomic E-state index is 13.5. The number of methoxy groups -OCH3 is 1. The van der Waals surface area contributed by atoms with Crippen molar-refractivity contribution in [3.63, 3.8) is 0 Å². The molecular formula is C41H66O7Si. The Morgan fingerprint density at radius 2 is 1.71 bits per heavy atom. The second-order valence-corrected chi connectivity index (χ2v) is 20.6. The van der Waals surface area contributed by atoms with Gasteiger partial charge >= 0.3 is 5.97 Å². The number of hydrogen-bond acceptors (Lipinski definition) is 7. The number of hydrogen-bond donors (Lipinski definition) is 0. The summed E-state index contributed by atoms with van der Waals surface area (Å²) in [6.07, 6.45) is 22.3. The van der Waals surface area contributed by atoms with Gasteiger partial charge in [0.15, 0.2) is 0 Å². The number of rotatable bonds is 11. The van der Waals surface area contributed by atoms with Gasteiger partial charge in [0.05, 0.1) is 31.0 Å². The Bertz CT molecular complexity index is 1160. The summed E-state index contributed by atoms with van der Waals surface area (Å²) in [6.45, 7) is 23.4. The summed E-state index contributed by atoms with van der Waals surface area (Å²) in [5.41, 5.74) is 3.51. The number of ether oxygens (including phenoxy) is 5. The summed E-state index contributed by atoms with van der Waals surface area (Å²) in [5, 5.41) is 0. The number of cyclic esters (lactones) is 1. The third-order valence-corrected chi connectivity index (χ3v) is 16.2. The fourth-order valence-corrected chi connectivity index (χ4v) is 13.3. The Morgan fingerprint density at radius 3 is 2.39 bits per heavy atom. The fraction of sp³-hybridized carbons (Fsp3) is 0.683. The van der Waals surface area contributed by atoms with Crippen LogP contribution in [0.3, 0.4) is 0 Å². The van der Waals surface area contributed by atoms with Gasteiger partial charge in [-0.3, -0.25) is 0 Å². The average Bonchev–Trinajstić information content (AvgIpc) is 3.02. The molecule has 3 heterocycles. The van der Waals surface area contributed by atoms with Crippen molar-refractivity contribution in [2.45, 2.75) is 154 Å². The van der Waals surface area contributed by atoms with E-state index in [4.69, 9.17) is 28.1 Å². The van der Waals surface area contributed by atoms with Crippen molar-refractivity contribution in [1.29, 1.82) is 0 Å². The van der Waals surface area contributed by atoms with Crippen molar-refractivity contribution in [2.24, 2.45) is 5.92 Å². The molecular weight excluding hydrogens is 633 g/mol. The van der Waals surface area contributed by atoms with E-state index in [1.807, 2.05) is 6.08 Å². The van der Waals surface area contributed by atoms with Gasteiger partial charge < -0.3 is 28.1 Å². The van der Waals surface area contributed by atoms with Gasteiger partial charge in [0, 0.05) is 19.6 Å². The largest absolute Gasteiger partial charge is 0.456 e. The highest BCUT2D eigenvalue weighted by Crippen LogP contribution is 2.44. The van der Waals surface area contributed by atoms with Crippen molar-refractivity contribution in [3.8, 4) is 0 Å². The first kappa shape index (κ1) is 41.3. The fourth-order valence-electron chi connectivity index (χ4n) is 7.83. The van der Waals surface area contributed by atoms with Gasteiger partial charge in [0.2, 0.25) is 8.32 Å². The standard InChI is InChI=1S/C41H66O7Si/c1-29(2)49(30(3)4,31(5)6)48-40(21-20-37-25-32(7)22-23-44-37)39-18-12-16-36(45-28-43-10)26-33(8)24-34(9)27-38-17-11-14-35(46-38)15-13-19-41(42)47-39/h11-14,16,19-21,25,29-31,34-40H,8,15,17-18,22-24,26-28H2,1-7,9-10H3/b16-12+,19-13-,21-20+/t34-,35-,36+,37+,38-,39-,40-/m0/s1. The number of carbonyl (C=O) groups is 1. The van der Waals surface area contributed by atoms with Gasteiger partial charge in [0.1, 0.15) is 19.0 Å². The van der Waals surface area contributed by atoms with E-state index in [2.05, 4.69) is 105 Å². The van der Waals surface area contributed by atoms with Crippen LogP contribution in [0.1, 0.15) is 100 Å². The first-order valence-electron chi connectivity index (χ1n) is 18.6. The van der Waals surface area contributed by atoms with Gasteiger partial charge in [-0.15, -0.1) is 0 Å². The van der Waals surface area contributed by atoms with E-state index in [1.165, 1.54) is 5.57 Å². The van der Waals surface area contributed by atoms with Crippen molar-refractivity contribution in [1.82, 2.24) is 0 Å². The molecule has 0 aromatic heterocycles. The van der Waals surface area contributed by atoms with E-state index in [0.717, 1.165) is 31.3 Å². The van der Waals surface area contributed by atoms with Gasteiger partial charge in [-0.25, -0.2) is 4.79 Å². The van der Waals surface area contributed by atoms with Gasteiger partial charge in [-0.1, -0.05) is 115 Å². The first-order valence-corrected chi connectivity index (χ1v) is 20.8. The van der Waals surface area contributed by atoms with Crippen LogP contribution in [-0.2, 0) is 32.9 Å². The van der Waals surface area contributed by atoms with E-state index in [9.17, 15) is 4.79 Å². The molecule has 8 heteroatoms. The highest BCUT2D eigenvalue weighted by atomic mass is 28.4. The molecule has 7 atom stereocenters. The molecule has 2 bridgehead atoms. The maximum absolute atomic E-state index is 13.5. The van der Waals surface area contributed by atoms with Crippen molar-refractivity contribution >= 4 is 14.3 Å². The summed E-state index contributed by atoms with van der Waals surface area (Å²) in [5.74, 6) is 0.0388. The first-order chi connectivity index (χ1) is 23.3. The summed E-state index contributed by atoms with van der Waals surface area (Å²) < 4.78 is 37.6. The Hall–Kier alpha value is -2.07. The second kappa shape index (κ2) is 20.7. The summed E-state index contributed by atoms with van der Waals surface area (Å²) in [4.78, 5) is 13.5. The average molecular weight is 699 g/mol. The van der Waals surface area contributed by atoms with Crippen LogP contribution in [-0.4, -0.2) is 71.4 Å². The van der Waals surface area contributed by atoms with Crippen LogP contribution in [0.5, 0.6) is 0 Å². The van der Waals surface area contributed by atoms with Crippen molar-refractivity contribution in [3.05, 3.63) is 72.4 Å². The Balaban J connectivity index is 2.03. The molecule has 0 unspecified atom stereocenters. The normalized spacial score (nSPS) is 30.2. The zero-order valence-corrected chi connectivity index (χ0v) is 32.9. The molecule has 0 aromatic carbocycles. The topological polar surface area (TPSA) is 72.5 Å². The van der Waals surface area contributed by atoms with E-state index < -0.39 is 20.5 Å². The smallest absolute Gasteiger partial charge is 0.330 e. The molecule has 3 aliphatic rings. The molecule has 3 aliphatic heterocycles. The van der Waals surface area contributed by atoms with Gasteiger partial charge in [-0.05, 0) is 68.0 Å². The molecule has 0 N–H and O–H groups in total. The van der Waals surface area contributed by atoms with Crippen LogP contribution < -0.4 is 0 Å². The lowest BCUT2D eigenvalue weighted by Crippen LogP contribution is -2.52. The van der Waals surface area contributed by atoms with E-state index >= 15 is 0 Å². The SMILES string of the molecule is C=C1C[C@H](C)C[C@@H]2CC=C[C@@H](C/C=C\C(=O)O[C@H]([C@H](/C=C/[C@@H]3C=C(C)CCO3)O[Si](C(C)C)(C(C)C)C(C)C)C/C=C/[C@@H](OCOC)C1)O2. The Morgan fingerprint density at radius 1 is 1.00 bits per heavy atom. The number of fused-ring (bicyclic) bond motifs is 2. The Labute approximate surface area is 299 Å². The molecule has 0 fully saturated rings. The molecule has 0 aromatic rings. The number of carbonyl (C=O) groups excluding carboxylic acids is 1. The zero-order chi connectivity index (χ0) is 36.0. The molecule has 0 saturated carbocycles. The molecule has 0 aliphatic carbocycles. The molecule has 0 amide bonds. The van der Waals surface area contributed by atoms with Crippen LogP contribution in [0.2, 0.25) is 16.6 Å². The minimum absolute atomic E-state index is 0.0663. The molecule has 0 saturated heterocycles. The third kappa shape index (κ3) is 13.2. The Kier molecular flexibility index (Phi) is 17.5. The van der Waals surface area contributed by atoms with Crippen LogP contribution >= 0.6 is 0 Å². The minimum Gasteiger partial charge on any atom is -0.456 e. The molecule has 3 rings (SSSR count). The summed E-state index contributed by atoms with van der Waals surface area (Å²) in [6, 6.07) is 0. The molecule has 276 valence electrons. The molecule has 49 heavy (non-hydrogen) atoms. The van der Waals surface area contributed by atoms with Gasteiger partial charge in [0.25, 0.3) is 0 Å². The maximum Gasteiger partial charge on any atom is 0.330 e. The predicted molar refractivity (Wildman–Crippen MR) is 202 cm³/mol. The van der Waals surface area contributed by atoms with E-state index in [0.29, 0.717) is 48.4 Å². The van der Waals surface area contributed by atoms with E-state index in [1.54, 1.807) is 13.2 Å². The van der Waals surface area contributed by atoms with Crippen molar-refractivity contribution in [2.75, 3.05) is 20.5 Å². The third-order valence-electron chi connectivity index (χ3n) is 10.1. The van der Waals surface area contributed by atoms with Crippen molar-refractivity contribution < 1.29 is 32.9 Å². The lowest BCUT2D eigenvalue weighted by molar-refractivity contribution is -0.146. The highest BCUT2D eigenvalue weighted by molar-refractivity contribution is 6.77. The molecule has 0 spiro atoms. The zero-order valence-electron chi connectivity index (χ0n) is 31.9. The molecule has 7 nitrogen and oxygen atoms in total. The predicted octanol–water partition coefficient (Wildman–Crippen LogP) is 9.72. The lowest BCUT2D eigenvalue weighted by Gasteiger charge is -2.45. The van der Waals surface area contributed by atoms with Crippen LogP contribution in [0, 0.1) is 5.92 Å². The van der Waals surface area contributed by atoms with Gasteiger partial charge in [-0.2, -0.15) is 0 Å². The quantitative estimate of drug-likeness (QED) is 0.0921. The number of esters is 1. The lowest BCUT2D eigenvalue weighted by atomic mass is 9.91.